The second kappa shape index (κ2) is 7.69. The van der Waals surface area contributed by atoms with E-state index in [1.165, 1.54) is 30.7 Å². The lowest BCUT2D eigenvalue weighted by Gasteiger charge is -2.51. The van der Waals surface area contributed by atoms with Crippen molar-refractivity contribution in [3.05, 3.63) is 42.0 Å². The standard InChI is InChI=1S/C20H24N4O6/c1-19(22-17(27)16-14(25)3-2-7-21-16)12-20(29-11-15(19)26)5-8-24(9-6-20)18(28)13-4-10-30-23-13/h2-4,7,10,15,25-26H,5-6,8-9,11-12H2,1H3,(H,22,27)/t15?,19-/m0/s1. The Morgan fingerprint density at radius 3 is 2.73 bits per heavy atom. The molecule has 0 radical (unpaired) electrons. The Balaban J connectivity index is 1.45. The van der Waals surface area contributed by atoms with Gasteiger partial charge in [0.05, 0.1) is 17.7 Å². The molecular formula is C20H24N4O6. The van der Waals surface area contributed by atoms with Gasteiger partial charge in [0.25, 0.3) is 11.8 Å². The van der Waals surface area contributed by atoms with Crippen LogP contribution >= 0.6 is 0 Å². The summed E-state index contributed by atoms with van der Waals surface area (Å²) in [7, 11) is 0. The van der Waals surface area contributed by atoms with E-state index in [4.69, 9.17) is 9.26 Å². The number of carbonyl (C=O) groups excluding carboxylic acids is 2. The highest BCUT2D eigenvalue weighted by Gasteiger charge is 2.50. The minimum absolute atomic E-state index is 0.0578. The van der Waals surface area contributed by atoms with E-state index in [0.717, 1.165) is 0 Å². The molecule has 4 rings (SSSR count). The molecule has 2 aliphatic heterocycles. The lowest BCUT2D eigenvalue weighted by atomic mass is 9.74. The number of aromatic nitrogens is 2. The van der Waals surface area contributed by atoms with Crippen molar-refractivity contribution in [2.24, 2.45) is 0 Å². The monoisotopic (exact) mass is 416 g/mol. The summed E-state index contributed by atoms with van der Waals surface area (Å²) in [6.07, 6.45) is 3.34. The molecule has 0 aliphatic carbocycles. The van der Waals surface area contributed by atoms with E-state index in [1.807, 2.05) is 0 Å². The van der Waals surface area contributed by atoms with Gasteiger partial charge in [-0.15, -0.1) is 0 Å². The molecule has 1 unspecified atom stereocenters. The number of nitrogens with one attached hydrogen (secondary N) is 1. The fourth-order valence-electron chi connectivity index (χ4n) is 4.22. The smallest absolute Gasteiger partial charge is 0.276 e. The van der Waals surface area contributed by atoms with Crippen molar-refractivity contribution in [3.8, 4) is 5.75 Å². The van der Waals surface area contributed by atoms with Gasteiger partial charge in [-0.1, -0.05) is 5.16 Å². The Morgan fingerprint density at radius 1 is 1.30 bits per heavy atom. The number of piperidine rings is 1. The number of pyridine rings is 1. The van der Waals surface area contributed by atoms with Crippen LogP contribution in [0.4, 0.5) is 0 Å². The summed E-state index contributed by atoms with van der Waals surface area (Å²) in [5.74, 6) is -0.990. The summed E-state index contributed by atoms with van der Waals surface area (Å²) in [5, 5.41) is 27.0. The highest BCUT2D eigenvalue weighted by molar-refractivity contribution is 5.95. The third-order valence-electron chi connectivity index (χ3n) is 5.99. The SMILES string of the molecule is C[C@]1(NC(=O)c2ncccc2O)CC2(CCN(C(=O)c3ccon3)CC2)OCC1O. The molecule has 1 spiro atoms. The maximum atomic E-state index is 12.7. The summed E-state index contributed by atoms with van der Waals surface area (Å²) in [6, 6.07) is 4.44. The molecule has 10 heteroatoms. The molecule has 4 heterocycles. The lowest BCUT2D eigenvalue weighted by molar-refractivity contribution is -0.175. The number of aliphatic hydroxyl groups excluding tert-OH is 1. The van der Waals surface area contributed by atoms with Crippen LogP contribution in [0, 0.1) is 0 Å². The molecule has 0 bridgehead atoms. The summed E-state index contributed by atoms with van der Waals surface area (Å²) < 4.78 is 10.7. The number of rotatable bonds is 3. The summed E-state index contributed by atoms with van der Waals surface area (Å²) in [5.41, 5.74) is -1.39. The Morgan fingerprint density at radius 2 is 2.07 bits per heavy atom. The number of hydrogen-bond donors (Lipinski definition) is 3. The lowest BCUT2D eigenvalue weighted by Crippen LogP contribution is -2.65. The summed E-state index contributed by atoms with van der Waals surface area (Å²) in [6.45, 7) is 2.74. The van der Waals surface area contributed by atoms with Gasteiger partial charge >= 0.3 is 0 Å². The first kappa shape index (κ1) is 20.3. The van der Waals surface area contributed by atoms with Crippen molar-refractivity contribution in [2.75, 3.05) is 19.7 Å². The minimum Gasteiger partial charge on any atom is -0.505 e. The molecule has 2 atom stereocenters. The van der Waals surface area contributed by atoms with Crippen LogP contribution in [0.2, 0.25) is 0 Å². The van der Waals surface area contributed by atoms with Gasteiger partial charge in [-0.3, -0.25) is 9.59 Å². The molecule has 0 aromatic carbocycles. The molecule has 30 heavy (non-hydrogen) atoms. The largest absolute Gasteiger partial charge is 0.505 e. The molecule has 160 valence electrons. The zero-order valence-corrected chi connectivity index (χ0v) is 16.6. The first-order chi connectivity index (χ1) is 14.3. The average Bonchev–Trinajstić information content (AvgIpc) is 3.26. The maximum absolute atomic E-state index is 12.7. The number of likely N-dealkylation sites (tertiary alicyclic amines) is 1. The van der Waals surface area contributed by atoms with Gasteiger partial charge in [0.15, 0.2) is 11.4 Å². The first-order valence-corrected chi connectivity index (χ1v) is 9.80. The highest BCUT2D eigenvalue weighted by Crippen LogP contribution is 2.40. The molecule has 10 nitrogen and oxygen atoms in total. The molecule has 2 aromatic heterocycles. The number of aromatic hydroxyl groups is 1. The number of ether oxygens (including phenoxy) is 1. The van der Waals surface area contributed by atoms with Gasteiger partial charge in [-0.2, -0.15) is 0 Å². The van der Waals surface area contributed by atoms with E-state index in [0.29, 0.717) is 32.4 Å². The molecule has 3 N–H and O–H groups in total. The van der Waals surface area contributed by atoms with Crippen molar-refractivity contribution in [1.82, 2.24) is 20.4 Å². The molecule has 2 aliphatic rings. The molecule has 2 fully saturated rings. The van der Waals surface area contributed by atoms with Crippen LogP contribution < -0.4 is 5.32 Å². The van der Waals surface area contributed by atoms with E-state index in [2.05, 4.69) is 15.5 Å². The molecular weight excluding hydrogens is 392 g/mol. The fraction of sp³-hybridized carbons (Fsp3) is 0.500. The molecule has 2 aromatic rings. The Labute approximate surface area is 172 Å². The van der Waals surface area contributed by atoms with Crippen LogP contribution in [-0.2, 0) is 4.74 Å². The zero-order valence-electron chi connectivity index (χ0n) is 16.6. The highest BCUT2D eigenvalue weighted by atomic mass is 16.5. The Hall–Kier alpha value is -2.98. The van der Waals surface area contributed by atoms with Crippen molar-refractivity contribution in [1.29, 1.82) is 0 Å². The predicted octanol–water partition coefficient (Wildman–Crippen LogP) is 0.720. The van der Waals surface area contributed by atoms with Crippen LogP contribution in [0.25, 0.3) is 0 Å². The van der Waals surface area contributed by atoms with Crippen LogP contribution in [0.5, 0.6) is 5.75 Å². The van der Waals surface area contributed by atoms with Gasteiger partial charge in [-0.05, 0) is 31.9 Å². The van der Waals surface area contributed by atoms with Crippen molar-refractivity contribution in [2.45, 2.75) is 43.4 Å². The van der Waals surface area contributed by atoms with Gasteiger partial charge in [0.1, 0.15) is 18.1 Å². The average molecular weight is 416 g/mol. The summed E-state index contributed by atoms with van der Waals surface area (Å²) in [4.78, 5) is 30.8. The van der Waals surface area contributed by atoms with E-state index >= 15 is 0 Å². The van der Waals surface area contributed by atoms with Gasteiger partial charge < -0.3 is 29.7 Å². The quantitative estimate of drug-likeness (QED) is 0.665. The molecule has 2 saturated heterocycles. The number of hydrogen-bond acceptors (Lipinski definition) is 8. The number of amides is 2. The fourth-order valence-corrected chi connectivity index (χ4v) is 4.22. The van der Waals surface area contributed by atoms with Crippen LogP contribution in [-0.4, -0.2) is 74.0 Å². The topological polar surface area (TPSA) is 138 Å². The van der Waals surface area contributed by atoms with Crippen LogP contribution in [0.15, 0.2) is 35.2 Å². The Kier molecular flexibility index (Phi) is 5.20. The Bertz CT molecular complexity index is 925. The molecule has 2 amide bonds. The number of carbonyl (C=O) groups is 2. The van der Waals surface area contributed by atoms with Gasteiger partial charge in [0, 0.05) is 31.8 Å². The van der Waals surface area contributed by atoms with E-state index < -0.39 is 23.2 Å². The second-order valence-corrected chi connectivity index (χ2v) is 8.11. The maximum Gasteiger partial charge on any atom is 0.276 e. The van der Waals surface area contributed by atoms with Gasteiger partial charge in [-0.25, -0.2) is 4.98 Å². The zero-order chi connectivity index (χ0) is 21.4. The van der Waals surface area contributed by atoms with Crippen molar-refractivity contribution in [3.63, 3.8) is 0 Å². The normalized spacial score (nSPS) is 25.8. The number of aliphatic hydroxyl groups is 1. The predicted molar refractivity (Wildman–Crippen MR) is 103 cm³/mol. The van der Waals surface area contributed by atoms with E-state index in [-0.39, 0.29) is 29.7 Å². The van der Waals surface area contributed by atoms with Crippen LogP contribution in [0.1, 0.15) is 47.2 Å². The van der Waals surface area contributed by atoms with Crippen molar-refractivity contribution >= 4 is 11.8 Å². The van der Waals surface area contributed by atoms with Crippen molar-refractivity contribution < 1.29 is 29.1 Å². The number of nitrogens with zero attached hydrogens (tertiary/aromatic N) is 3. The first-order valence-electron chi connectivity index (χ1n) is 9.80. The third kappa shape index (κ3) is 3.75. The molecule has 0 saturated carbocycles. The van der Waals surface area contributed by atoms with Gasteiger partial charge in [0.2, 0.25) is 0 Å². The second-order valence-electron chi connectivity index (χ2n) is 8.11. The van der Waals surface area contributed by atoms with E-state index in [1.54, 1.807) is 11.8 Å². The van der Waals surface area contributed by atoms with E-state index in [9.17, 15) is 19.8 Å². The third-order valence-corrected chi connectivity index (χ3v) is 5.99. The minimum atomic E-state index is -0.975. The van der Waals surface area contributed by atoms with Crippen LogP contribution in [0.3, 0.4) is 0 Å². The summed E-state index contributed by atoms with van der Waals surface area (Å²) >= 11 is 0.